The zero-order valence-electron chi connectivity index (χ0n) is 11.0. The van der Waals surface area contributed by atoms with Crippen LogP contribution in [-0.4, -0.2) is 36.8 Å². The van der Waals surface area contributed by atoms with Crippen molar-refractivity contribution in [1.82, 2.24) is 5.32 Å². The van der Waals surface area contributed by atoms with Gasteiger partial charge in [-0.2, -0.15) is 0 Å². The predicted octanol–water partition coefficient (Wildman–Crippen LogP) is 0.994. The molecular weight excluding hydrogens is 232 g/mol. The first-order valence-corrected chi connectivity index (χ1v) is 5.77. The molecule has 1 amide bonds. The Hall–Kier alpha value is -1.59. The maximum absolute atomic E-state index is 11.7. The van der Waals surface area contributed by atoms with Crippen molar-refractivity contribution in [3.8, 4) is 5.75 Å². The highest BCUT2D eigenvalue weighted by atomic mass is 16.5. The lowest BCUT2D eigenvalue weighted by Crippen LogP contribution is -2.46. The number of amides is 1. The largest absolute Gasteiger partial charge is 0.495 e. The second-order valence-corrected chi connectivity index (χ2v) is 4.64. The third-order valence-electron chi connectivity index (χ3n) is 2.50. The zero-order chi connectivity index (χ0) is 13.6. The van der Waals surface area contributed by atoms with Crippen molar-refractivity contribution >= 4 is 11.6 Å². The van der Waals surface area contributed by atoms with E-state index in [9.17, 15) is 4.79 Å². The molecule has 0 heterocycles. The fourth-order valence-electron chi connectivity index (χ4n) is 1.32. The highest BCUT2D eigenvalue weighted by molar-refractivity contribution is 5.93. The van der Waals surface area contributed by atoms with Crippen molar-refractivity contribution in [1.29, 1.82) is 0 Å². The van der Waals surface area contributed by atoms with Crippen LogP contribution in [-0.2, 0) is 4.79 Å². The number of ether oxygens (including phenoxy) is 1. The third-order valence-corrected chi connectivity index (χ3v) is 2.50. The lowest BCUT2D eigenvalue weighted by atomic mass is 10.1. The minimum Gasteiger partial charge on any atom is -0.495 e. The van der Waals surface area contributed by atoms with Crippen molar-refractivity contribution in [3.63, 3.8) is 0 Å². The van der Waals surface area contributed by atoms with Gasteiger partial charge in [-0.1, -0.05) is 12.1 Å². The molecule has 18 heavy (non-hydrogen) atoms. The summed E-state index contributed by atoms with van der Waals surface area (Å²) in [6, 6.07) is 7.21. The van der Waals surface area contributed by atoms with Crippen LogP contribution in [0.3, 0.4) is 0 Å². The lowest BCUT2D eigenvalue weighted by molar-refractivity contribution is -0.115. The van der Waals surface area contributed by atoms with Crippen molar-refractivity contribution < 1.29 is 14.6 Å². The molecule has 1 aromatic carbocycles. The molecule has 0 aromatic heterocycles. The summed E-state index contributed by atoms with van der Waals surface area (Å²) in [5.74, 6) is 0.438. The molecule has 3 N–H and O–H groups in total. The highest BCUT2D eigenvalue weighted by Gasteiger charge is 2.17. The number of methoxy groups -OCH3 is 1. The molecule has 0 unspecified atom stereocenters. The first kappa shape index (κ1) is 14.5. The van der Waals surface area contributed by atoms with Gasteiger partial charge in [-0.3, -0.25) is 4.79 Å². The van der Waals surface area contributed by atoms with Gasteiger partial charge in [-0.05, 0) is 26.0 Å². The third kappa shape index (κ3) is 4.35. The summed E-state index contributed by atoms with van der Waals surface area (Å²) in [5, 5.41) is 14.8. The number of hydrogen-bond donors (Lipinski definition) is 3. The van der Waals surface area contributed by atoms with Crippen molar-refractivity contribution in [2.24, 2.45) is 0 Å². The van der Waals surface area contributed by atoms with Gasteiger partial charge in [0, 0.05) is 5.54 Å². The van der Waals surface area contributed by atoms with Gasteiger partial charge in [0.15, 0.2) is 0 Å². The Morgan fingerprint density at radius 1 is 1.39 bits per heavy atom. The first-order valence-electron chi connectivity index (χ1n) is 5.77. The van der Waals surface area contributed by atoms with Gasteiger partial charge in [-0.25, -0.2) is 0 Å². The van der Waals surface area contributed by atoms with Crippen LogP contribution in [0.4, 0.5) is 5.69 Å². The number of nitrogens with one attached hydrogen (secondary N) is 2. The first-order chi connectivity index (χ1) is 8.48. The maximum atomic E-state index is 11.7. The Labute approximate surface area is 107 Å². The molecule has 0 aliphatic rings. The van der Waals surface area contributed by atoms with Crippen molar-refractivity contribution in [2.75, 3.05) is 25.6 Å². The lowest BCUT2D eigenvalue weighted by Gasteiger charge is -2.23. The Morgan fingerprint density at radius 2 is 2.06 bits per heavy atom. The molecule has 0 bridgehead atoms. The molecule has 0 radical (unpaired) electrons. The van der Waals surface area contributed by atoms with E-state index in [1.165, 1.54) is 0 Å². The standard InChI is InChI=1S/C13H20N2O3/c1-13(2,9-16)14-8-12(17)15-10-6-4-5-7-11(10)18-3/h4-7,14,16H,8-9H2,1-3H3,(H,15,17). The number of anilines is 1. The molecule has 100 valence electrons. The number of para-hydroxylation sites is 2. The van der Waals surface area contributed by atoms with E-state index in [1.54, 1.807) is 19.2 Å². The van der Waals surface area contributed by atoms with Gasteiger partial charge in [-0.15, -0.1) is 0 Å². The minimum atomic E-state index is -0.474. The SMILES string of the molecule is COc1ccccc1NC(=O)CNC(C)(C)CO. The van der Waals surface area contributed by atoms with Crippen molar-refractivity contribution in [3.05, 3.63) is 24.3 Å². The Balaban J connectivity index is 2.55. The summed E-state index contributed by atoms with van der Waals surface area (Å²) >= 11 is 0. The quantitative estimate of drug-likeness (QED) is 0.706. The predicted molar refractivity (Wildman–Crippen MR) is 70.8 cm³/mol. The van der Waals surface area contributed by atoms with E-state index in [0.29, 0.717) is 11.4 Å². The summed E-state index contributed by atoms with van der Waals surface area (Å²) < 4.78 is 5.14. The smallest absolute Gasteiger partial charge is 0.238 e. The zero-order valence-corrected chi connectivity index (χ0v) is 11.0. The summed E-state index contributed by atoms with van der Waals surface area (Å²) in [4.78, 5) is 11.7. The van der Waals surface area contributed by atoms with Gasteiger partial charge < -0.3 is 20.5 Å². The van der Waals surface area contributed by atoms with Crippen LogP contribution < -0.4 is 15.4 Å². The average molecular weight is 252 g/mol. The van der Waals surface area contributed by atoms with E-state index in [2.05, 4.69) is 10.6 Å². The van der Waals surface area contributed by atoms with Crippen LogP contribution in [0.1, 0.15) is 13.8 Å². The molecular formula is C13H20N2O3. The molecule has 0 saturated carbocycles. The number of hydrogen-bond acceptors (Lipinski definition) is 4. The Kier molecular flexibility index (Phi) is 5.12. The molecule has 0 saturated heterocycles. The van der Waals surface area contributed by atoms with Crippen LogP contribution in [0.2, 0.25) is 0 Å². The number of aliphatic hydroxyl groups is 1. The van der Waals surface area contributed by atoms with Gasteiger partial charge in [0.2, 0.25) is 5.91 Å². The molecule has 1 rings (SSSR count). The molecule has 0 atom stereocenters. The van der Waals surface area contributed by atoms with Crippen LogP contribution >= 0.6 is 0 Å². The van der Waals surface area contributed by atoms with E-state index in [1.807, 2.05) is 26.0 Å². The number of carbonyl (C=O) groups is 1. The van der Waals surface area contributed by atoms with Gasteiger partial charge >= 0.3 is 0 Å². The van der Waals surface area contributed by atoms with Crippen molar-refractivity contribution in [2.45, 2.75) is 19.4 Å². The fourth-order valence-corrected chi connectivity index (χ4v) is 1.32. The topological polar surface area (TPSA) is 70.6 Å². The van der Waals surface area contributed by atoms with E-state index < -0.39 is 5.54 Å². The molecule has 5 heteroatoms. The van der Waals surface area contributed by atoms with Crippen LogP contribution in [0.15, 0.2) is 24.3 Å². The van der Waals surface area contributed by atoms with E-state index >= 15 is 0 Å². The number of benzene rings is 1. The molecule has 5 nitrogen and oxygen atoms in total. The Morgan fingerprint density at radius 3 is 2.67 bits per heavy atom. The highest BCUT2D eigenvalue weighted by Crippen LogP contribution is 2.22. The Bertz CT molecular complexity index is 405. The summed E-state index contributed by atoms with van der Waals surface area (Å²) in [5.41, 5.74) is 0.159. The number of carbonyl (C=O) groups excluding carboxylic acids is 1. The minimum absolute atomic E-state index is 0.0328. The monoisotopic (exact) mass is 252 g/mol. The molecule has 1 aromatic rings. The number of rotatable bonds is 6. The van der Waals surface area contributed by atoms with E-state index in [-0.39, 0.29) is 19.1 Å². The van der Waals surface area contributed by atoms with Gasteiger partial charge in [0.05, 0.1) is 25.9 Å². The normalized spacial score (nSPS) is 11.1. The fraction of sp³-hybridized carbons (Fsp3) is 0.462. The second-order valence-electron chi connectivity index (χ2n) is 4.64. The average Bonchev–Trinajstić information content (AvgIpc) is 2.37. The van der Waals surface area contributed by atoms with Crippen LogP contribution in [0.25, 0.3) is 0 Å². The molecule has 0 aliphatic carbocycles. The van der Waals surface area contributed by atoms with E-state index in [0.717, 1.165) is 0 Å². The second kappa shape index (κ2) is 6.37. The van der Waals surface area contributed by atoms with Gasteiger partial charge in [0.25, 0.3) is 0 Å². The van der Waals surface area contributed by atoms with Gasteiger partial charge in [0.1, 0.15) is 5.75 Å². The number of aliphatic hydroxyl groups excluding tert-OH is 1. The van der Waals surface area contributed by atoms with Crippen LogP contribution in [0, 0.1) is 0 Å². The maximum Gasteiger partial charge on any atom is 0.238 e. The molecule has 0 fully saturated rings. The van der Waals surface area contributed by atoms with E-state index in [4.69, 9.17) is 9.84 Å². The van der Waals surface area contributed by atoms with Crippen LogP contribution in [0.5, 0.6) is 5.75 Å². The summed E-state index contributed by atoms with van der Waals surface area (Å²) in [6.45, 7) is 3.74. The molecule has 0 aliphatic heterocycles. The summed E-state index contributed by atoms with van der Waals surface area (Å²) in [6.07, 6.45) is 0. The molecule has 0 spiro atoms. The summed E-state index contributed by atoms with van der Waals surface area (Å²) in [7, 11) is 1.55.